The average molecular weight is 556 g/mol. The van der Waals surface area contributed by atoms with Crippen molar-refractivity contribution in [2.24, 2.45) is 0 Å². The maximum Gasteiger partial charge on any atom is 0.264 e. The smallest absolute Gasteiger partial charge is 0.264 e. The summed E-state index contributed by atoms with van der Waals surface area (Å²) in [5.41, 5.74) is 1.86. The molecule has 0 spiro atoms. The lowest BCUT2D eigenvalue weighted by Crippen LogP contribution is -2.52. The summed E-state index contributed by atoms with van der Waals surface area (Å²) in [4.78, 5) is 28.4. The van der Waals surface area contributed by atoms with Gasteiger partial charge in [0.25, 0.3) is 10.0 Å². The molecule has 3 rings (SSSR count). The third kappa shape index (κ3) is 7.14. The molecule has 3 aromatic carbocycles. The van der Waals surface area contributed by atoms with Gasteiger partial charge in [-0.1, -0.05) is 73.1 Å². The van der Waals surface area contributed by atoms with Gasteiger partial charge in [0.15, 0.2) is 0 Å². The third-order valence-electron chi connectivity index (χ3n) is 6.42. The second-order valence-corrected chi connectivity index (χ2v) is 11.5. The Hall–Kier alpha value is -3.36. The van der Waals surface area contributed by atoms with Gasteiger partial charge >= 0.3 is 0 Å². The van der Waals surface area contributed by atoms with E-state index in [4.69, 9.17) is 11.6 Å². The first kappa shape index (κ1) is 29.2. The monoisotopic (exact) mass is 555 g/mol. The Bertz CT molecular complexity index is 1350. The van der Waals surface area contributed by atoms with Crippen molar-refractivity contribution < 1.29 is 18.0 Å². The van der Waals surface area contributed by atoms with Crippen molar-refractivity contribution in [2.45, 2.75) is 57.6 Å². The number of carbonyl (C=O) groups is 2. The number of carbonyl (C=O) groups excluding carboxylic acids is 2. The van der Waals surface area contributed by atoms with Gasteiger partial charge in [0.1, 0.15) is 12.6 Å². The fraction of sp³-hybridized carbons (Fsp3) is 0.310. The number of sulfonamides is 1. The molecular formula is C29H34ClN3O4S. The Morgan fingerprint density at radius 1 is 0.947 bits per heavy atom. The van der Waals surface area contributed by atoms with Crippen LogP contribution in [0.2, 0.25) is 5.02 Å². The zero-order chi connectivity index (χ0) is 27.9. The Morgan fingerprint density at radius 2 is 1.55 bits per heavy atom. The van der Waals surface area contributed by atoms with E-state index in [2.05, 4.69) is 5.32 Å². The highest BCUT2D eigenvalue weighted by Crippen LogP contribution is 2.28. The van der Waals surface area contributed by atoms with Crippen LogP contribution in [0.5, 0.6) is 0 Å². The summed E-state index contributed by atoms with van der Waals surface area (Å²) in [5, 5.41) is 3.30. The predicted octanol–water partition coefficient (Wildman–Crippen LogP) is 5.18. The summed E-state index contributed by atoms with van der Waals surface area (Å²) in [6.07, 6.45) is 0.738. The Morgan fingerprint density at radius 3 is 2.13 bits per heavy atom. The number of amides is 2. The molecule has 0 aliphatic carbocycles. The van der Waals surface area contributed by atoms with Gasteiger partial charge in [-0.25, -0.2) is 8.42 Å². The number of aryl methyl sites for hydroxylation is 1. The lowest BCUT2D eigenvalue weighted by Gasteiger charge is -2.32. The number of nitrogens with one attached hydrogen (secondary N) is 1. The second kappa shape index (κ2) is 12.9. The lowest BCUT2D eigenvalue weighted by atomic mass is 10.1. The van der Waals surface area contributed by atoms with Gasteiger partial charge in [-0.05, 0) is 62.6 Å². The van der Waals surface area contributed by atoms with E-state index in [1.165, 1.54) is 23.1 Å². The van der Waals surface area contributed by atoms with E-state index in [9.17, 15) is 18.0 Å². The second-order valence-electron chi connectivity index (χ2n) is 9.26. The van der Waals surface area contributed by atoms with E-state index < -0.39 is 28.5 Å². The molecule has 2 atom stereocenters. The molecule has 7 nitrogen and oxygen atoms in total. The predicted molar refractivity (Wildman–Crippen MR) is 152 cm³/mol. The Balaban J connectivity index is 2.02. The minimum Gasteiger partial charge on any atom is -0.352 e. The third-order valence-corrected chi connectivity index (χ3v) is 8.61. The van der Waals surface area contributed by atoms with E-state index in [0.29, 0.717) is 5.02 Å². The molecule has 0 heterocycles. The number of rotatable bonds is 11. The van der Waals surface area contributed by atoms with Crippen LogP contribution in [-0.4, -0.2) is 43.8 Å². The number of hydrogen-bond donors (Lipinski definition) is 1. The number of nitrogens with zero attached hydrogens (tertiary/aromatic N) is 2. The van der Waals surface area contributed by atoms with Crippen LogP contribution in [0.15, 0.2) is 83.8 Å². The fourth-order valence-electron chi connectivity index (χ4n) is 3.81. The fourth-order valence-corrected chi connectivity index (χ4v) is 5.42. The quantitative estimate of drug-likeness (QED) is 0.353. The molecular weight excluding hydrogens is 522 g/mol. The maximum absolute atomic E-state index is 13.9. The highest BCUT2D eigenvalue weighted by molar-refractivity contribution is 7.92. The summed E-state index contributed by atoms with van der Waals surface area (Å²) in [6.45, 7) is 6.95. The zero-order valence-corrected chi connectivity index (χ0v) is 23.7. The maximum atomic E-state index is 13.9. The molecule has 0 saturated carbocycles. The van der Waals surface area contributed by atoms with Crippen molar-refractivity contribution >= 4 is 39.1 Å². The molecule has 0 bridgehead atoms. The Labute approximate surface area is 230 Å². The van der Waals surface area contributed by atoms with E-state index >= 15 is 0 Å². The molecule has 0 fully saturated rings. The highest BCUT2D eigenvalue weighted by Gasteiger charge is 2.32. The lowest BCUT2D eigenvalue weighted by molar-refractivity contribution is -0.139. The summed E-state index contributed by atoms with van der Waals surface area (Å²) in [6, 6.07) is 21.2. The molecule has 0 radical (unpaired) electrons. The van der Waals surface area contributed by atoms with Gasteiger partial charge < -0.3 is 10.2 Å². The van der Waals surface area contributed by atoms with Gasteiger partial charge in [0.2, 0.25) is 11.8 Å². The minimum absolute atomic E-state index is 0.0432. The van der Waals surface area contributed by atoms with Gasteiger partial charge in [-0.2, -0.15) is 0 Å². The summed E-state index contributed by atoms with van der Waals surface area (Å²) in [5.74, 6) is -0.823. The molecule has 1 N–H and O–H groups in total. The summed E-state index contributed by atoms with van der Waals surface area (Å²) < 4.78 is 28.6. The van der Waals surface area contributed by atoms with Crippen LogP contribution in [0.25, 0.3) is 0 Å². The topological polar surface area (TPSA) is 86.8 Å². The molecule has 9 heteroatoms. The highest BCUT2D eigenvalue weighted by atomic mass is 35.5. The number of hydrogen-bond acceptors (Lipinski definition) is 4. The number of benzene rings is 3. The molecule has 0 saturated heterocycles. The zero-order valence-electron chi connectivity index (χ0n) is 22.1. The van der Waals surface area contributed by atoms with Crippen molar-refractivity contribution in [3.8, 4) is 0 Å². The van der Waals surface area contributed by atoms with Crippen LogP contribution in [0.1, 0.15) is 38.3 Å². The first-order chi connectivity index (χ1) is 18.0. The van der Waals surface area contributed by atoms with Crippen LogP contribution in [0, 0.1) is 6.92 Å². The van der Waals surface area contributed by atoms with Gasteiger partial charge in [0.05, 0.1) is 10.6 Å². The largest absolute Gasteiger partial charge is 0.352 e. The molecule has 3 aromatic rings. The molecule has 0 aromatic heterocycles. The van der Waals surface area contributed by atoms with Gasteiger partial charge in [-0.3, -0.25) is 13.9 Å². The molecule has 0 unspecified atom stereocenters. The molecule has 0 aliphatic rings. The SMILES string of the molecule is CC[C@@H](C)NC(=O)[C@@H](C)N(Cc1ccccc1)C(=O)CN(c1ccc(C)c(Cl)c1)S(=O)(=O)c1ccccc1. The van der Waals surface area contributed by atoms with Crippen LogP contribution >= 0.6 is 11.6 Å². The van der Waals surface area contributed by atoms with Crippen molar-refractivity contribution in [3.63, 3.8) is 0 Å². The van der Waals surface area contributed by atoms with E-state index in [1.54, 1.807) is 37.3 Å². The first-order valence-corrected chi connectivity index (χ1v) is 14.3. The first-order valence-electron chi connectivity index (χ1n) is 12.5. The Kier molecular flexibility index (Phi) is 9.94. The van der Waals surface area contributed by atoms with Gasteiger partial charge in [0, 0.05) is 17.6 Å². The van der Waals surface area contributed by atoms with Crippen molar-refractivity contribution in [2.75, 3.05) is 10.8 Å². The molecule has 202 valence electrons. The molecule has 38 heavy (non-hydrogen) atoms. The average Bonchev–Trinajstić information content (AvgIpc) is 2.92. The van der Waals surface area contributed by atoms with Crippen molar-refractivity contribution in [1.29, 1.82) is 0 Å². The molecule has 2 amide bonds. The van der Waals surface area contributed by atoms with Crippen LogP contribution < -0.4 is 9.62 Å². The van der Waals surface area contributed by atoms with Crippen molar-refractivity contribution in [3.05, 3.63) is 95.0 Å². The molecule has 0 aliphatic heterocycles. The van der Waals surface area contributed by atoms with Crippen LogP contribution in [0.4, 0.5) is 5.69 Å². The van der Waals surface area contributed by atoms with Crippen LogP contribution in [0.3, 0.4) is 0 Å². The van der Waals surface area contributed by atoms with Crippen molar-refractivity contribution in [1.82, 2.24) is 10.2 Å². The standard InChI is InChI=1S/C29H34ClN3O4S/c1-5-22(3)31-29(35)23(4)32(19-24-12-8-6-9-13-24)28(34)20-33(25-17-16-21(2)27(30)18-25)38(36,37)26-14-10-7-11-15-26/h6-18,22-23H,5,19-20H2,1-4H3,(H,31,35)/t22-,23-/m1/s1. The summed E-state index contributed by atoms with van der Waals surface area (Å²) in [7, 11) is -4.13. The minimum atomic E-state index is -4.13. The normalized spacial score (nSPS) is 12.9. The summed E-state index contributed by atoms with van der Waals surface area (Å²) >= 11 is 6.34. The van der Waals surface area contributed by atoms with Gasteiger partial charge in [-0.15, -0.1) is 0 Å². The number of halogens is 1. The van der Waals surface area contributed by atoms with E-state index in [-0.39, 0.29) is 29.1 Å². The van der Waals surface area contributed by atoms with E-state index in [0.717, 1.165) is 21.9 Å². The van der Waals surface area contributed by atoms with Crippen LogP contribution in [-0.2, 0) is 26.2 Å². The van der Waals surface area contributed by atoms with E-state index in [1.807, 2.05) is 51.1 Å². The number of anilines is 1.